The first-order valence-corrected chi connectivity index (χ1v) is 11.0. The Balaban J connectivity index is 2.48. The van der Waals surface area contributed by atoms with Crippen LogP contribution in [0.1, 0.15) is 84.9 Å². The molecule has 1 aromatic carbocycles. The number of hydrogen-bond acceptors (Lipinski definition) is 2. The van der Waals surface area contributed by atoms with Gasteiger partial charge in [-0.3, -0.25) is 9.59 Å². The number of nitrogens with one attached hydrogen (secondary N) is 1. The summed E-state index contributed by atoms with van der Waals surface area (Å²) in [5.74, 6) is -0.301. The smallest absolute Gasteiger partial charge is 0.261 e. The van der Waals surface area contributed by atoms with Gasteiger partial charge in [-0.1, -0.05) is 58.2 Å². The summed E-state index contributed by atoms with van der Waals surface area (Å²) in [6, 6.07) is 6.00. The second-order valence-corrected chi connectivity index (χ2v) is 7.84. The fourth-order valence-electron chi connectivity index (χ4n) is 4.12. The average Bonchev–Trinajstić information content (AvgIpc) is 2.70. The third-order valence-corrected chi connectivity index (χ3v) is 5.87. The monoisotopic (exact) mass is 396 g/mol. The summed E-state index contributed by atoms with van der Waals surface area (Å²) in [6.07, 6.45) is 6.23. The van der Waals surface area contributed by atoms with Gasteiger partial charge in [0.15, 0.2) is 5.43 Å². The summed E-state index contributed by atoms with van der Waals surface area (Å²) in [4.78, 5) is 26.3. The standard InChI is InChI=1S/C25H36N2O2/c1-7-10-11-12-16-27-19(6)22(24(28)18(5)21(27)9-3)25(29)26-23-17(4)14-13-15-20(23)8-2/h13-15H,7-12,16H2,1-6H3,(H,26,29). The van der Waals surface area contributed by atoms with Crippen molar-refractivity contribution in [1.29, 1.82) is 0 Å². The molecule has 0 bridgehead atoms. The summed E-state index contributed by atoms with van der Waals surface area (Å²) < 4.78 is 2.19. The molecule has 0 aliphatic heterocycles. The Labute approximate surface area is 175 Å². The lowest BCUT2D eigenvalue weighted by molar-refractivity contribution is 0.102. The van der Waals surface area contributed by atoms with Gasteiger partial charge in [0, 0.05) is 29.2 Å². The van der Waals surface area contributed by atoms with Gasteiger partial charge in [-0.2, -0.15) is 0 Å². The third-order valence-electron chi connectivity index (χ3n) is 5.87. The number of aromatic nitrogens is 1. The molecule has 2 rings (SSSR count). The lowest BCUT2D eigenvalue weighted by atomic mass is 10.0. The normalized spacial score (nSPS) is 11.0. The molecule has 0 atom stereocenters. The van der Waals surface area contributed by atoms with Gasteiger partial charge in [-0.25, -0.2) is 0 Å². The summed E-state index contributed by atoms with van der Waals surface area (Å²) >= 11 is 0. The molecule has 0 unspecified atom stereocenters. The van der Waals surface area contributed by atoms with Gasteiger partial charge in [-0.15, -0.1) is 0 Å². The van der Waals surface area contributed by atoms with Gasteiger partial charge >= 0.3 is 0 Å². The Morgan fingerprint density at radius 1 is 1.00 bits per heavy atom. The Bertz CT molecular complexity index is 925. The van der Waals surface area contributed by atoms with E-state index in [1.54, 1.807) is 0 Å². The second kappa shape index (κ2) is 10.4. The molecular weight excluding hydrogens is 360 g/mol. The number of aryl methyl sites for hydroxylation is 2. The van der Waals surface area contributed by atoms with E-state index >= 15 is 0 Å². The summed E-state index contributed by atoms with van der Waals surface area (Å²) in [5.41, 5.74) is 5.57. The molecule has 0 saturated heterocycles. The van der Waals surface area contributed by atoms with Gasteiger partial charge in [0.1, 0.15) is 5.56 Å². The van der Waals surface area contributed by atoms with E-state index in [1.165, 1.54) is 12.8 Å². The molecule has 0 saturated carbocycles. The van der Waals surface area contributed by atoms with Crippen LogP contribution in [-0.2, 0) is 19.4 Å². The first-order chi connectivity index (χ1) is 13.9. The number of amides is 1. The molecule has 1 aromatic heterocycles. The van der Waals surface area contributed by atoms with E-state index in [2.05, 4.69) is 30.7 Å². The number of rotatable bonds is 9. The van der Waals surface area contributed by atoms with E-state index in [0.717, 1.165) is 60.4 Å². The van der Waals surface area contributed by atoms with E-state index in [1.807, 2.05) is 39.0 Å². The molecule has 0 spiro atoms. The molecule has 0 aliphatic rings. The van der Waals surface area contributed by atoms with Crippen LogP contribution in [-0.4, -0.2) is 10.5 Å². The van der Waals surface area contributed by atoms with Crippen molar-refractivity contribution in [2.45, 2.75) is 86.6 Å². The van der Waals surface area contributed by atoms with Crippen molar-refractivity contribution in [3.8, 4) is 0 Å². The van der Waals surface area contributed by atoms with Gasteiger partial charge in [0.25, 0.3) is 5.91 Å². The maximum atomic E-state index is 13.2. The van der Waals surface area contributed by atoms with E-state index in [4.69, 9.17) is 0 Å². The summed E-state index contributed by atoms with van der Waals surface area (Å²) in [7, 11) is 0. The maximum absolute atomic E-state index is 13.2. The third kappa shape index (κ3) is 4.98. The van der Waals surface area contributed by atoms with E-state index in [9.17, 15) is 9.59 Å². The number of carbonyl (C=O) groups excluding carboxylic acids is 1. The van der Waals surface area contributed by atoms with Crippen molar-refractivity contribution in [2.75, 3.05) is 5.32 Å². The minimum atomic E-state index is -0.301. The minimum absolute atomic E-state index is 0.145. The number of hydrogen-bond donors (Lipinski definition) is 1. The number of benzene rings is 1. The van der Waals surface area contributed by atoms with Crippen LogP contribution in [0.2, 0.25) is 0 Å². The minimum Gasteiger partial charge on any atom is -0.348 e. The fraction of sp³-hybridized carbons (Fsp3) is 0.520. The first kappa shape index (κ1) is 22.9. The predicted octanol–water partition coefficient (Wildman–Crippen LogP) is 5.73. The number of pyridine rings is 1. The van der Waals surface area contributed by atoms with Crippen molar-refractivity contribution >= 4 is 11.6 Å². The van der Waals surface area contributed by atoms with Crippen molar-refractivity contribution in [3.05, 3.63) is 62.1 Å². The van der Waals surface area contributed by atoms with E-state index in [-0.39, 0.29) is 16.9 Å². The van der Waals surface area contributed by atoms with Crippen LogP contribution in [0.3, 0.4) is 0 Å². The quantitative estimate of drug-likeness (QED) is 0.550. The molecule has 158 valence electrons. The maximum Gasteiger partial charge on any atom is 0.261 e. The Morgan fingerprint density at radius 3 is 2.34 bits per heavy atom. The van der Waals surface area contributed by atoms with Crippen LogP contribution in [0, 0.1) is 20.8 Å². The van der Waals surface area contributed by atoms with Gasteiger partial charge in [0.05, 0.1) is 0 Å². The summed E-state index contributed by atoms with van der Waals surface area (Å²) in [5, 5.41) is 3.04. The molecular formula is C25H36N2O2. The van der Waals surface area contributed by atoms with Crippen molar-refractivity contribution in [1.82, 2.24) is 4.57 Å². The number of para-hydroxylation sites is 1. The number of nitrogens with zero attached hydrogens (tertiary/aromatic N) is 1. The molecule has 4 nitrogen and oxygen atoms in total. The molecule has 0 radical (unpaired) electrons. The lowest BCUT2D eigenvalue weighted by Gasteiger charge is -2.21. The topological polar surface area (TPSA) is 51.1 Å². The molecule has 1 N–H and O–H groups in total. The van der Waals surface area contributed by atoms with Crippen LogP contribution in [0.4, 0.5) is 5.69 Å². The highest BCUT2D eigenvalue weighted by molar-refractivity contribution is 6.05. The largest absolute Gasteiger partial charge is 0.348 e. The molecule has 4 heteroatoms. The SMILES string of the molecule is CCCCCCn1c(C)c(C(=O)Nc2c(C)cccc2CC)c(=O)c(C)c1CC. The Hall–Kier alpha value is -2.36. The van der Waals surface area contributed by atoms with Gasteiger partial charge in [-0.05, 0) is 51.2 Å². The van der Waals surface area contributed by atoms with Crippen LogP contribution < -0.4 is 10.7 Å². The lowest BCUT2D eigenvalue weighted by Crippen LogP contribution is -2.30. The van der Waals surface area contributed by atoms with Gasteiger partial charge in [0.2, 0.25) is 0 Å². The molecule has 2 aromatic rings. The van der Waals surface area contributed by atoms with Crippen LogP contribution >= 0.6 is 0 Å². The van der Waals surface area contributed by atoms with Crippen molar-refractivity contribution < 1.29 is 4.79 Å². The second-order valence-electron chi connectivity index (χ2n) is 7.84. The highest BCUT2D eigenvalue weighted by Crippen LogP contribution is 2.23. The fourth-order valence-corrected chi connectivity index (χ4v) is 4.12. The molecule has 29 heavy (non-hydrogen) atoms. The number of unbranched alkanes of at least 4 members (excludes halogenated alkanes) is 3. The zero-order valence-corrected chi connectivity index (χ0v) is 18.9. The molecule has 1 heterocycles. The first-order valence-electron chi connectivity index (χ1n) is 11.0. The molecule has 1 amide bonds. The molecule has 0 fully saturated rings. The average molecular weight is 397 g/mol. The van der Waals surface area contributed by atoms with Crippen LogP contribution in [0.5, 0.6) is 0 Å². The number of anilines is 1. The van der Waals surface area contributed by atoms with E-state index < -0.39 is 0 Å². The van der Waals surface area contributed by atoms with Crippen LogP contribution in [0.15, 0.2) is 23.0 Å². The van der Waals surface area contributed by atoms with Crippen molar-refractivity contribution in [3.63, 3.8) is 0 Å². The molecule has 0 aliphatic carbocycles. The zero-order valence-electron chi connectivity index (χ0n) is 18.9. The van der Waals surface area contributed by atoms with Gasteiger partial charge < -0.3 is 9.88 Å². The highest BCUT2D eigenvalue weighted by atomic mass is 16.2. The Morgan fingerprint density at radius 2 is 1.72 bits per heavy atom. The Kier molecular flexibility index (Phi) is 8.24. The van der Waals surface area contributed by atoms with E-state index in [0.29, 0.717) is 5.56 Å². The van der Waals surface area contributed by atoms with Crippen LogP contribution in [0.25, 0.3) is 0 Å². The number of carbonyl (C=O) groups is 1. The summed E-state index contributed by atoms with van der Waals surface area (Å²) in [6.45, 7) is 12.9. The van der Waals surface area contributed by atoms with Crippen molar-refractivity contribution in [2.24, 2.45) is 0 Å². The zero-order chi connectivity index (χ0) is 21.6. The predicted molar refractivity (Wildman–Crippen MR) is 122 cm³/mol. The highest BCUT2D eigenvalue weighted by Gasteiger charge is 2.22.